The Morgan fingerprint density at radius 3 is 2.68 bits per heavy atom. The Bertz CT molecular complexity index is 374. The van der Waals surface area contributed by atoms with Crippen LogP contribution in [0.5, 0.6) is 0 Å². The molecule has 104 valence electrons. The maximum Gasteiger partial charge on any atom is 0.234 e. The summed E-state index contributed by atoms with van der Waals surface area (Å²) >= 11 is 0. The Kier molecular flexibility index (Phi) is 5.85. The number of rotatable bonds is 6. The van der Waals surface area contributed by atoms with Gasteiger partial charge < -0.3 is 16.0 Å². The summed E-state index contributed by atoms with van der Waals surface area (Å²) in [4.78, 5) is 11.7. The van der Waals surface area contributed by atoms with Crippen molar-refractivity contribution in [1.29, 1.82) is 0 Å². The normalized spacial score (nSPS) is 16.2. The molecule has 1 aliphatic rings. The van der Waals surface area contributed by atoms with Gasteiger partial charge in [0.1, 0.15) is 0 Å². The van der Waals surface area contributed by atoms with Gasteiger partial charge in [0.15, 0.2) is 0 Å². The van der Waals surface area contributed by atoms with Crippen LogP contribution in [0, 0.1) is 5.92 Å². The number of hydrogen-bond donors (Lipinski definition) is 3. The fourth-order valence-corrected chi connectivity index (χ4v) is 2.33. The predicted molar refractivity (Wildman–Crippen MR) is 76.8 cm³/mol. The van der Waals surface area contributed by atoms with E-state index in [1.165, 1.54) is 12.8 Å². The van der Waals surface area contributed by atoms with Crippen molar-refractivity contribution in [2.24, 2.45) is 5.92 Å². The molecule has 3 N–H and O–H groups in total. The quantitative estimate of drug-likeness (QED) is 0.713. The van der Waals surface area contributed by atoms with Crippen molar-refractivity contribution in [2.75, 3.05) is 26.2 Å². The van der Waals surface area contributed by atoms with Crippen LogP contribution in [0.1, 0.15) is 18.4 Å². The van der Waals surface area contributed by atoms with Crippen LogP contribution in [0.25, 0.3) is 0 Å². The highest BCUT2D eigenvalue weighted by molar-refractivity contribution is 5.77. The molecule has 19 heavy (non-hydrogen) atoms. The topological polar surface area (TPSA) is 53.2 Å². The predicted octanol–water partition coefficient (Wildman–Crippen LogP) is 0.892. The highest BCUT2D eigenvalue weighted by Crippen LogP contribution is 2.09. The van der Waals surface area contributed by atoms with Crippen molar-refractivity contribution in [3.63, 3.8) is 0 Å². The third kappa shape index (κ3) is 5.41. The monoisotopic (exact) mass is 261 g/mol. The van der Waals surface area contributed by atoms with Crippen LogP contribution in [0.3, 0.4) is 0 Å². The molecule has 0 unspecified atom stereocenters. The highest BCUT2D eigenvalue weighted by Gasteiger charge is 2.12. The van der Waals surface area contributed by atoms with Gasteiger partial charge in [-0.15, -0.1) is 0 Å². The average molecular weight is 261 g/mol. The summed E-state index contributed by atoms with van der Waals surface area (Å²) in [7, 11) is 0. The first-order valence-corrected chi connectivity index (χ1v) is 7.06. The van der Waals surface area contributed by atoms with E-state index in [0.717, 1.165) is 25.2 Å². The molecule has 0 aromatic heterocycles. The number of carbonyl (C=O) groups is 1. The number of hydrogen-bond acceptors (Lipinski definition) is 3. The molecular weight excluding hydrogens is 238 g/mol. The molecule has 2 rings (SSSR count). The van der Waals surface area contributed by atoms with E-state index >= 15 is 0 Å². The molecule has 0 radical (unpaired) electrons. The summed E-state index contributed by atoms with van der Waals surface area (Å²) in [6, 6.07) is 9.98. The molecule has 1 saturated heterocycles. The average Bonchev–Trinajstić information content (AvgIpc) is 2.47. The van der Waals surface area contributed by atoms with E-state index in [2.05, 4.69) is 16.0 Å². The lowest BCUT2D eigenvalue weighted by Crippen LogP contribution is -2.38. The summed E-state index contributed by atoms with van der Waals surface area (Å²) < 4.78 is 0. The van der Waals surface area contributed by atoms with Crippen LogP contribution >= 0.6 is 0 Å². The molecule has 4 nitrogen and oxygen atoms in total. The van der Waals surface area contributed by atoms with Gasteiger partial charge in [0.25, 0.3) is 0 Å². The van der Waals surface area contributed by atoms with E-state index in [0.29, 0.717) is 19.0 Å². The number of carbonyl (C=O) groups excluding carboxylic acids is 1. The summed E-state index contributed by atoms with van der Waals surface area (Å²) in [6.07, 6.45) is 2.41. The molecule has 0 atom stereocenters. The zero-order valence-corrected chi connectivity index (χ0v) is 11.3. The minimum Gasteiger partial charge on any atom is -0.351 e. The number of piperidine rings is 1. The molecule has 0 bridgehead atoms. The van der Waals surface area contributed by atoms with Gasteiger partial charge in [0, 0.05) is 6.54 Å². The smallest absolute Gasteiger partial charge is 0.234 e. The zero-order valence-electron chi connectivity index (χ0n) is 11.3. The SMILES string of the molecule is O=C(CNCC1CCNCC1)NCc1ccccc1. The Morgan fingerprint density at radius 1 is 1.21 bits per heavy atom. The molecular formula is C15H23N3O. The molecule has 0 aliphatic carbocycles. The summed E-state index contributed by atoms with van der Waals surface area (Å²) in [5, 5.41) is 9.52. The van der Waals surface area contributed by atoms with Gasteiger partial charge in [0.2, 0.25) is 5.91 Å². The van der Waals surface area contributed by atoms with Crippen molar-refractivity contribution in [3.05, 3.63) is 35.9 Å². The lowest BCUT2D eigenvalue weighted by atomic mass is 9.98. The lowest BCUT2D eigenvalue weighted by molar-refractivity contribution is -0.120. The second-order valence-corrected chi connectivity index (χ2v) is 5.09. The molecule has 0 saturated carbocycles. The standard InChI is InChI=1S/C15H23N3O/c19-15(18-11-13-4-2-1-3-5-13)12-17-10-14-6-8-16-9-7-14/h1-5,14,16-17H,6-12H2,(H,18,19). The Balaban J connectivity index is 1.57. The van der Waals surface area contributed by atoms with E-state index in [1.54, 1.807) is 0 Å². The zero-order chi connectivity index (χ0) is 13.3. The van der Waals surface area contributed by atoms with Crippen LogP contribution < -0.4 is 16.0 Å². The van der Waals surface area contributed by atoms with Gasteiger partial charge in [0.05, 0.1) is 6.54 Å². The van der Waals surface area contributed by atoms with E-state index in [1.807, 2.05) is 30.3 Å². The van der Waals surface area contributed by atoms with Crippen molar-refractivity contribution in [2.45, 2.75) is 19.4 Å². The van der Waals surface area contributed by atoms with Gasteiger partial charge in [-0.2, -0.15) is 0 Å². The minimum atomic E-state index is 0.0674. The molecule has 1 aromatic carbocycles. The lowest BCUT2D eigenvalue weighted by Gasteiger charge is -2.22. The Hall–Kier alpha value is -1.39. The molecule has 1 aromatic rings. The minimum absolute atomic E-state index is 0.0674. The van der Waals surface area contributed by atoms with Crippen molar-refractivity contribution in [3.8, 4) is 0 Å². The summed E-state index contributed by atoms with van der Waals surface area (Å²) in [6.45, 7) is 4.17. The fourth-order valence-electron chi connectivity index (χ4n) is 2.33. The van der Waals surface area contributed by atoms with Crippen LogP contribution in [0.2, 0.25) is 0 Å². The Labute approximate surface area is 115 Å². The largest absolute Gasteiger partial charge is 0.351 e. The molecule has 0 spiro atoms. The maximum absolute atomic E-state index is 11.7. The number of benzene rings is 1. The first kappa shape index (κ1) is 14.0. The van der Waals surface area contributed by atoms with Gasteiger partial charge in [-0.05, 0) is 44.0 Å². The summed E-state index contributed by atoms with van der Waals surface area (Å²) in [5.41, 5.74) is 1.13. The van der Waals surface area contributed by atoms with Gasteiger partial charge in [-0.25, -0.2) is 0 Å². The van der Waals surface area contributed by atoms with Crippen molar-refractivity contribution < 1.29 is 4.79 Å². The van der Waals surface area contributed by atoms with Crippen LogP contribution in [-0.4, -0.2) is 32.1 Å². The van der Waals surface area contributed by atoms with E-state index in [4.69, 9.17) is 0 Å². The number of amides is 1. The van der Waals surface area contributed by atoms with Gasteiger partial charge in [-0.1, -0.05) is 30.3 Å². The highest BCUT2D eigenvalue weighted by atomic mass is 16.1. The maximum atomic E-state index is 11.7. The molecule has 1 aliphatic heterocycles. The first-order chi connectivity index (χ1) is 9.34. The summed E-state index contributed by atoms with van der Waals surface area (Å²) in [5.74, 6) is 0.779. The Morgan fingerprint density at radius 2 is 1.95 bits per heavy atom. The van der Waals surface area contributed by atoms with Gasteiger partial charge in [-0.3, -0.25) is 4.79 Å². The third-order valence-corrected chi connectivity index (χ3v) is 3.51. The van der Waals surface area contributed by atoms with Crippen LogP contribution in [0.4, 0.5) is 0 Å². The molecule has 4 heteroatoms. The van der Waals surface area contributed by atoms with E-state index in [9.17, 15) is 4.79 Å². The van der Waals surface area contributed by atoms with E-state index in [-0.39, 0.29) is 5.91 Å². The molecule has 1 heterocycles. The number of nitrogens with one attached hydrogen (secondary N) is 3. The van der Waals surface area contributed by atoms with E-state index < -0.39 is 0 Å². The van der Waals surface area contributed by atoms with Crippen molar-refractivity contribution >= 4 is 5.91 Å². The second-order valence-electron chi connectivity index (χ2n) is 5.09. The van der Waals surface area contributed by atoms with Gasteiger partial charge >= 0.3 is 0 Å². The van der Waals surface area contributed by atoms with Crippen LogP contribution in [0.15, 0.2) is 30.3 Å². The second kappa shape index (κ2) is 7.92. The van der Waals surface area contributed by atoms with Crippen LogP contribution in [-0.2, 0) is 11.3 Å². The molecule has 1 fully saturated rings. The fraction of sp³-hybridized carbons (Fsp3) is 0.533. The van der Waals surface area contributed by atoms with Crippen molar-refractivity contribution in [1.82, 2.24) is 16.0 Å². The third-order valence-electron chi connectivity index (χ3n) is 3.51. The first-order valence-electron chi connectivity index (χ1n) is 7.06. The molecule has 1 amide bonds.